The highest BCUT2D eigenvalue weighted by atomic mass is 79.9. The Labute approximate surface area is 106 Å². The smallest absolute Gasteiger partial charge is 0.179 e. The number of carbonyl (C=O) groups is 1. The lowest BCUT2D eigenvalue weighted by Crippen LogP contribution is -2.24. The van der Waals surface area contributed by atoms with Crippen LogP contribution in [0, 0.1) is 18.2 Å². The number of halogens is 3. The van der Waals surface area contributed by atoms with Gasteiger partial charge in [0.1, 0.15) is 0 Å². The lowest BCUT2D eigenvalue weighted by atomic mass is 10.1. The van der Waals surface area contributed by atoms with Gasteiger partial charge in [-0.2, -0.15) is 0 Å². The van der Waals surface area contributed by atoms with E-state index >= 15 is 0 Å². The summed E-state index contributed by atoms with van der Waals surface area (Å²) in [5, 5.41) is 2.59. The number of hydrogen-bond acceptors (Lipinski definition) is 2. The third-order valence-corrected chi connectivity index (χ3v) is 3.11. The predicted molar refractivity (Wildman–Crippen MR) is 65.1 cm³/mol. The molecule has 1 aromatic rings. The maximum Gasteiger partial charge on any atom is 0.179 e. The number of carbonyl (C=O) groups excluding carboxylic acids is 1. The Kier molecular flexibility index (Phi) is 4.94. The molecule has 0 heterocycles. The van der Waals surface area contributed by atoms with E-state index in [-0.39, 0.29) is 29.5 Å². The van der Waals surface area contributed by atoms with Gasteiger partial charge in [0, 0.05) is 4.47 Å². The van der Waals surface area contributed by atoms with Crippen LogP contribution >= 0.6 is 27.5 Å². The molecule has 0 radical (unpaired) electrons. The Bertz CT molecular complexity index is 456. The number of rotatable bonds is 4. The van der Waals surface area contributed by atoms with Crippen LogP contribution in [0.4, 0.5) is 4.39 Å². The van der Waals surface area contributed by atoms with Crippen molar-refractivity contribution in [2.24, 2.45) is 0 Å². The molecule has 0 saturated heterocycles. The number of ketones is 1. The maximum atomic E-state index is 13.6. The molecule has 0 aliphatic heterocycles. The fourth-order valence-corrected chi connectivity index (χ4v) is 1.56. The molecule has 0 aliphatic carbocycles. The summed E-state index contributed by atoms with van der Waals surface area (Å²) >= 11 is 8.73. The average Bonchev–Trinajstić information content (AvgIpc) is 2.26. The highest BCUT2D eigenvalue weighted by Crippen LogP contribution is 2.27. The van der Waals surface area contributed by atoms with Crippen LogP contribution in [-0.4, -0.2) is 18.9 Å². The molecular weight excluding hydrogens is 296 g/mol. The molecular formula is C11H8BrClFNO. The van der Waals surface area contributed by atoms with Crippen LogP contribution in [0.25, 0.3) is 0 Å². The summed E-state index contributed by atoms with van der Waals surface area (Å²) in [6, 6.07) is 2.91. The van der Waals surface area contributed by atoms with Gasteiger partial charge in [0.15, 0.2) is 11.6 Å². The van der Waals surface area contributed by atoms with Crippen molar-refractivity contribution in [2.75, 3.05) is 13.1 Å². The van der Waals surface area contributed by atoms with Crippen LogP contribution in [0.5, 0.6) is 0 Å². The third kappa shape index (κ3) is 3.05. The fourth-order valence-electron chi connectivity index (χ4n) is 1.08. The summed E-state index contributed by atoms with van der Waals surface area (Å²) < 4.78 is 14.0. The zero-order valence-corrected chi connectivity index (χ0v) is 10.5. The molecule has 2 nitrogen and oxygen atoms in total. The van der Waals surface area contributed by atoms with Crippen molar-refractivity contribution in [3.05, 3.63) is 33.0 Å². The van der Waals surface area contributed by atoms with E-state index in [2.05, 4.69) is 27.2 Å². The van der Waals surface area contributed by atoms with E-state index in [9.17, 15) is 9.18 Å². The van der Waals surface area contributed by atoms with Crippen molar-refractivity contribution >= 4 is 33.3 Å². The molecule has 0 aromatic heterocycles. The van der Waals surface area contributed by atoms with Gasteiger partial charge in [-0.1, -0.05) is 17.5 Å². The monoisotopic (exact) mass is 303 g/mol. The van der Waals surface area contributed by atoms with Gasteiger partial charge in [-0.3, -0.25) is 10.1 Å². The minimum Gasteiger partial charge on any atom is -0.299 e. The second-order valence-electron chi connectivity index (χ2n) is 2.95. The number of nitrogens with one attached hydrogen (secondary N) is 1. The lowest BCUT2D eigenvalue weighted by molar-refractivity contribution is 0.0988. The predicted octanol–water partition coefficient (Wildman–Crippen LogP) is 2.65. The minimum absolute atomic E-state index is 0.0148. The van der Waals surface area contributed by atoms with E-state index in [0.717, 1.165) is 0 Å². The molecule has 16 heavy (non-hydrogen) atoms. The van der Waals surface area contributed by atoms with Crippen LogP contribution in [0.2, 0.25) is 5.02 Å². The summed E-state index contributed by atoms with van der Waals surface area (Å²) in [4.78, 5) is 11.6. The molecule has 1 aromatic carbocycles. The quantitative estimate of drug-likeness (QED) is 0.401. The Morgan fingerprint density at radius 3 is 2.94 bits per heavy atom. The summed E-state index contributed by atoms with van der Waals surface area (Å²) in [6.07, 6.45) is 5.00. The van der Waals surface area contributed by atoms with E-state index in [4.69, 9.17) is 18.0 Å². The zero-order valence-electron chi connectivity index (χ0n) is 8.19. The van der Waals surface area contributed by atoms with Gasteiger partial charge in [-0.25, -0.2) is 4.39 Å². The van der Waals surface area contributed by atoms with Crippen molar-refractivity contribution in [3.63, 3.8) is 0 Å². The molecule has 1 rings (SSSR count). The number of Topliss-reactive ketones (excluding diaryl/α,β-unsaturated/α-hetero) is 1. The summed E-state index contributed by atoms with van der Waals surface area (Å²) in [5.74, 6) is 1.21. The molecule has 0 spiro atoms. The first-order valence-electron chi connectivity index (χ1n) is 4.38. The molecule has 0 atom stereocenters. The Hall–Kier alpha value is -0.890. The average molecular weight is 305 g/mol. The van der Waals surface area contributed by atoms with Crippen LogP contribution in [0.15, 0.2) is 16.6 Å². The summed E-state index contributed by atoms with van der Waals surface area (Å²) in [5.41, 5.74) is -0.0438. The van der Waals surface area contributed by atoms with Gasteiger partial charge < -0.3 is 0 Å². The van der Waals surface area contributed by atoms with Crippen LogP contribution < -0.4 is 5.32 Å². The maximum absolute atomic E-state index is 13.6. The van der Waals surface area contributed by atoms with Crippen molar-refractivity contribution < 1.29 is 9.18 Å². The first-order chi connectivity index (χ1) is 7.57. The molecule has 0 unspecified atom stereocenters. The van der Waals surface area contributed by atoms with E-state index in [1.165, 1.54) is 12.1 Å². The molecule has 0 saturated carbocycles. The van der Waals surface area contributed by atoms with Crippen LogP contribution in [0.3, 0.4) is 0 Å². The van der Waals surface area contributed by atoms with Crippen LogP contribution in [-0.2, 0) is 0 Å². The van der Waals surface area contributed by atoms with Crippen molar-refractivity contribution in [1.82, 2.24) is 5.32 Å². The van der Waals surface area contributed by atoms with Crippen LogP contribution in [0.1, 0.15) is 10.4 Å². The summed E-state index contributed by atoms with van der Waals surface area (Å²) in [6.45, 7) is 0.247. The Morgan fingerprint density at radius 1 is 1.62 bits per heavy atom. The summed E-state index contributed by atoms with van der Waals surface area (Å²) in [7, 11) is 0. The third-order valence-electron chi connectivity index (χ3n) is 1.85. The molecule has 1 N–H and O–H groups in total. The Morgan fingerprint density at radius 2 is 2.31 bits per heavy atom. The molecule has 0 amide bonds. The van der Waals surface area contributed by atoms with E-state index in [1.807, 2.05) is 0 Å². The standard InChI is InChI=1S/C11H8BrClFNO/c1-2-5-15-6-9(16)7-3-4-8(12)10(13)11(7)14/h1,3-4,15H,5-6H2. The molecule has 5 heteroatoms. The van der Waals surface area contributed by atoms with E-state index in [1.54, 1.807) is 0 Å². The topological polar surface area (TPSA) is 29.1 Å². The fraction of sp³-hybridized carbons (Fsp3) is 0.182. The normalized spacial score (nSPS) is 9.88. The highest BCUT2D eigenvalue weighted by Gasteiger charge is 2.15. The first-order valence-corrected chi connectivity index (χ1v) is 5.56. The number of benzene rings is 1. The van der Waals surface area contributed by atoms with Crippen molar-refractivity contribution in [2.45, 2.75) is 0 Å². The largest absolute Gasteiger partial charge is 0.299 e. The first kappa shape index (κ1) is 13.2. The van der Waals surface area contributed by atoms with Gasteiger partial charge >= 0.3 is 0 Å². The second kappa shape index (κ2) is 6.00. The molecule has 0 fully saturated rings. The van der Waals surface area contributed by atoms with Crippen molar-refractivity contribution in [3.8, 4) is 12.3 Å². The van der Waals surface area contributed by atoms with Crippen molar-refractivity contribution in [1.29, 1.82) is 0 Å². The molecule has 0 bridgehead atoms. The highest BCUT2D eigenvalue weighted by molar-refractivity contribution is 9.10. The number of terminal acetylenes is 1. The number of hydrogen-bond donors (Lipinski definition) is 1. The molecule has 84 valence electrons. The van der Waals surface area contributed by atoms with Gasteiger partial charge in [-0.05, 0) is 28.1 Å². The minimum atomic E-state index is -0.719. The van der Waals surface area contributed by atoms with E-state index in [0.29, 0.717) is 4.47 Å². The van der Waals surface area contributed by atoms with Gasteiger partial charge in [0.05, 0.1) is 23.7 Å². The van der Waals surface area contributed by atoms with Gasteiger partial charge in [0.2, 0.25) is 0 Å². The van der Waals surface area contributed by atoms with Gasteiger partial charge in [0.25, 0.3) is 0 Å². The SMILES string of the molecule is C#CCNCC(=O)c1ccc(Br)c(Cl)c1F. The zero-order chi connectivity index (χ0) is 12.1. The molecule has 0 aliphatic rings. The second-order valence-corrected chi connectivity index (χ2v) is 4.19. The lowest BCUT2D eigenvalue weighted by Gasteiger charge is -2.05. The Balaban J connectivity index is 2.85. The van der Waals surface area contributed by atoms with E-state index < -0.39 is 5.82 Å². The van der Waals surface area contributed by atoms with Gasteiger partial charge in [-0.15, -0.1) is 6.42 Å².